The van der Waals surface area contributed by atoms with Gasteiger partial charge in [-0.3, -0.25) is 4.79 Å². The van der Waals surface area contributed by atoms with E-state index >= 15 is 0 Å². The number of ether oxygens (including phenoxy) is 2. The van der Waals surface area contributed by atoms with Gasteiger partial charge >= 0.3 is 0 Å². The molecule has 1 fully saturated rings. The summed E-state index contributed by atoms with van der Waals surface area (Å²) in [6.07, 6.45) is 0. The van der Waals surface area contributed by atoms with Gasteiger partial charge in [-0.05, 0) is 55.0 Å². The van der Waals surface area contributed by atoms with Crippen molar-refractivity contribution in [1.29, 1.82) is 0 Å². The van der Waals surface area contributed by atoms with Crippen LogP contribution >= 0.6 is 0 Å². The van der Waals surface area contributed by atoms with Crippen LogP contribution in [0.5, 0.6) is 5.75 Å². The number of hydrogen-bond donors (Lipinski definition) is 1. The van der Waals surface area contributed by atoms with Crippen molar-refractivity contribution >= 4 is 38.1 Å². The topological polar surface area (TPSA) is 88.2 Å². The van der Waals surface area contributed by atoms with Crippen molar-refractivity contribution in [3.8, 4) is 5.75 Å². The third-order valence-corrected chi connectivity index (χ3v) is 8.14. The monoisotopic (exact) mass is 497 g/mol. The Labute approximate surface area is 206 Å². The van der Waals surface area contributed by atoms with Gasteiger partial charge in [0, 0.05) is 26.2 Å². The summed E-state index contributed by atoms with van der Waals surface area (Å²) in [5, 5.41) is 4.83. The molecule has 1 aliphatic rings. The summed E-state index contributed by atoms with van der Waals surface area (Å²) in [7, 11) is -2.20. The van der Waals surface area contributed by atoms with Gasteiger partial charge in [-0.1, -0.05) is 24.3 Å². The van der Waals surface area contributed by atoms with E-state index in [1.54, 1.807) is 24.3 Å². The van der Waals surface area contributed by atoms with E-state index in [9.17, 15) is 13.2 Å². The summed E-state index contributed by atoms with van der Waals surface area (Å²) in [6, 6.07) is 16.2. The predicted molar refractivity (Wildman–Crippen MR) is 138 cm³/mol. The van der Waals surface area contributed by atoms with Crippen molar-refractivity contribution in [1.82, 2.24) is 4.31 Å². The highest BCUT2D eigenvalue weighted by molar-refractivity contribution is 7.89. The second kappa shape index (κ2) is 10.6. The largest absolute Gasteiger partial charge is 0.496 e. The first-order chi connectivity index (χ1) is 16.9. The number of carbonyl (C=O) groups is 1. The summed E-state index contributed by atoms with van der Waals surface area (Å²) in [4.78, 5) is 15.7. The lowest BCUT2D eigenvalue weighted by atomic mass is 10.1. The quantitative estimate of drug-likeness (QED) is 0.507. The summed E-state index contributed by atoms with van der Waals surface area (Å²) in [6.45, 7) is 6.76. The maximum absolute atomic E-state index is 13.5. The molecule has 0 aromatic heterocycles. The molecule has 0 saturated carbocycles. The number of sulfonamides is 1. The summed E-state index contributed by atoms with van der Waals surface area (Å²) in [5.74, 6) is 0.0737. The van der Waals surface area contributed by atoms with E-state index in [0.717, 1.165) is 16.5 Å². The molecule has 4 rings (SSSR count). The van der Waals surface area contributed by atoms with Crippen molar-refractivity contribution in [2.75, 3.05) is 56.7 Å². The number of rotatable bonds is 8. The molecular weight excluding hydrogens is 466 g/mol. The zero-order valence-electron chi connectivity index (χ0n) is 20.3. The molecule has 9 heteroatoms. The summed E-state index contributed by atoms with van der Waals surface area (Å²) >= 11 is 0. The minimum Gasteiger partial charge on any atom is -0.496 e. The molecule has 0 unspecified atom stereocenters. The first-order valence-corrected chi connectivity index (χ1v) is 13.2. The first-order valence-electron chi connectivity index (χ1n) is 11.7. The van der Waals surface area contributed by atoms with E-state index in [4.69, 9.17) is 9.47 Å². The van der Waals surface area contributed by atoms with Gasteiger partial charge in [0.1, 0.15) is 5.75 Å². The van der Waals surface area contributed by atoms with Gasteiger partial charge in [-0.25, -0.2) is 8.42 Å². The fourth-order valence-electron chi connectivity index (χ4n) is 4.31. The van der Waals surface area contributed by atoms with Crippen LogP contribution in [-0.2, 0) is 14.8 Å². The Balaban J connectivity index is 1.75. The molecule has 0 radical (unpaired) electrons. The average molecular weight is 498 g/mol. The van der Waals surface area contributed by atoms with Crippen molar-refractivity contribution in [3.05, 3.63) is 60.2 Å². The van der Waals surface area contributed by atoms with E-state index in [1.165, 1.54) is 11.4 Å². The van der Waals surface area contributed by atoms with Crippen molar-refractivity contribution in [3.63, 3.8) is 0 Å². The van der Waals surface area contributed by atoms with Gasteiger partial charge in [0.2, 0.25) is 10.0 Å². The summed E-state index contributed by atoms with van der Waals surface area (Å²) < 4.78 is 38.8. The van der Waals surface area contributed by atoms with Crippen molar-refractivity contribution in [2.24, 2.45) is 0 Å². The third kappa shape index (κ3) is 5.12. The van der Waals surface area contributed by atoms with Gasteiger partial charge in [0.15, 0.2) is 0 Å². The molecular formula is C26H31N3O5S. The summed E-state index contributed by atoms with van der Waals surface area (Å²) in [5.41, 5.74) is 1.56. The molecule has 1 saturated heterocycles. The molecule has 3 aromatic rings. The highest BCUT2D eigenvalue weighted by atomic mass is 32.2. The van der Waals surface area contributed by atoms with E-state index < -0.39 is 10.0 Å². The van der Waals surface area contributed by atoms with Crippen molar-refractivity contribution in [2.45, 2.75) is 18.7 Å². The molecule has 1 amide bonds. The van der Waals surface area contributed by atoms with Crippen LogP contribution in [0.1, 0.15) is 24.2 Å². The zero-order chi connectivity index (χ0) is 25.0. The molecule has 186 valence electrons. The number of nitrogens with zero attached hydrogens (tertiary/aromatic N) is 2. The standard InChI is InChI=1S/C26H31N3O5S/c1-4-28(5-2)24-11-10-21(35(31,32)29-12-14-34-15-13-29)18-23(24)27-26(30)22-16-19-8-6-7-9-20(19)17-25(22)33-3/h6-11,16-18H,4-5,12-15H2,1-3H3,(H,27,30). The molecule has 0 aliphatic carbocycles. The molecule has 0 spiro atoms. The van der Waals surface area contributed by atoms with Crippen LogP contribution in [-0.4, -0.2) is 65.1 Å². The third-order valence-electron chi connectivity index (χ3n) is 6.24. The minimum atomic E-state index is -3.72. The molecule has 8 nitrogen and oxygen atoms in total. The van der Waals surface area contributed by atoms with Gasteiger partial charge in [0.05, 0.1) is 42.2 Å². The van der Waals surface area contributed by atoms with Gasteiger partial charge < -0.3 is 19.7 Å². The highest BCUT2D eigenvalue weighted by Crippen LogP contribution is 2.32. The van der Waals surface area contributed by atoms with Gasteiger partial charge in [-0.15, -0.1) is 0 Å². The molecule has 1 aliphatic heterocycles. The smallest absolute Gasteiger partial charge is 0.259 e. The number of morpholine rings is 1. The second-order valence-electron chi connectivity index (χ2n) is 8.22. The number of amides is 1. The highest BCUT2D eigenvalue weighted by Gasteiger charge is 2.28. The van der Waals surface area contributed by atoms with E-state index in [2.05, 4.69) is 10.2 Å². The van der Waals surface area contributed by atoms with E-state index in [1.807, 2.05) is 44.2 Å². The maximum Gasteiger partial charge on any atom is 0.259 e. The van der Waals surface area contributed by atoms with Gasteiger partial charge in [0.25, 0.3) is 5.91 Å². The van der Waals surface area contributed by atoms with Crippen LogP contribution in [0.4, 0.5) is 11.4 Å². The fourth-order valence-corrected chi connectivity index (χ4v) is 5.74. The van der Waals surface area contributed by atoms with Crippen molar-refractivity contribution < 1.29 is 22.7 Å². The Kier molecular flexibility index (Phi) is 7.59. The van der Waals surface area contributed by atoms with Crippen LogP contribution in [0.3, 0.4) is 0 Å². The molecule has 3 aromatic carbocycles. The first kappa shape index (κ1) is 25.0. The van der Waals surface area contributed by atoms with Crippen LogP contribution in [0.15, 0.2) is 59.5 Å². The zero-order valence-corrected chi connectivity index (χ0v) is 21.1. The lowest BCUT2D eigenvalue weighted by Crippen LogP contribution is -2.40. The number of anilines is 2. The number of fused-ring (bicyclic) bond motifs is 1. The number of carbonyl (C=O) groups excluding carboxylic acids is 1. The molecule has 0 atom stereocenters. The molecule has 1 heterocycles. The lowest BCUT2D eigenvalue weighted by molar-refractivity contribution is 0.0730. The molecule has 1 N–H and O–H groups in total. The van der Waals surface area contributed by atoms with E-state index in [-0.39, 0.29) is 10.8 Å². The molecule has 35 heavy (non-hydrogen) atoms. The minimum absolute atomic E-state index is 0.135. The molecule has 0 bridgehead atoms. The number of nitrogens with one attached hydrogen (secondary N) is 1. The SMILES string of the molecule is CCN(CC)c1ccc(S(=O)(=O)N2CCOCC2)cc1NC(=O)c1cc2ccccc2cc1OC. The van der Waals surface area contributed by atoms with Crippen LogP contribution in [0.2, 0.25) is 0 Å². The van der Waals surface area contributed by atoms with Crippen LogP contribution in [0, 0.1) is 0 Å². The average Bonchev–Trinajstić information content (AvgIpc) is 2.89. The van der Waals surface area contributed by atoms with Gasteiger partial charge in [-0.2, -0.15) is 4.31 Å². The number of benzene rings is 3. The lowest BCUT2D eigenvalue weighted by Gasteiger charge is -2.28. The van der Waals surface area contributed by atoms with Crippen LogP contribution < -0.4 is 15.0 Å². The Morgan fingerprint density at radius 1 is 1.03 bits per heavy atom. The maximum atomic E-state index is 13.5. The Morgan fingerprint density at radius 2 is 1.69 bits per heavy atom. The van der Waals surface area contributed by atoms with E-state index in [0.29, 0.717) is 56.4 Å². The Bertz CT molecular complexity index is 1320. The Hall–Kier alpha value is -3.14. The van der Waals surface area contributed by atoms with Crippen LogP contribution in [0.25, 0.3) is 10.8 Å². The Morgan fingerprint density at radius 3 is 2.31 bits per heavy atom. The number of methoxy groups -OCH3 is 1. The number of hydrogen-bond acceptors (Lipinski definition) is 6. The predicted octanol–water partition coefficient (Wildman–Crippen LogP) is 3.97. The normalized spacial score (nSPS) is 14.6. The second-order valence-corrected chi connectivity index (χ2v) is 10.2. The fraction of sp³-hybridized carbons (Fsp3) is 0.346.